The maximum atomic E-state index is 7.41. The molecule has 0 saturated heterocycles. The molecule has 0 radical (unpaired) electrons. The molecule has 6 aromatic heterocycles. The van der Waals surface area contributed by atoms with E-state index in [1.807, 2.05) is 109 Å². The molecule has 0 fully saturated rings. The Hall–Kier alpha value is -4.81. The van der Waals surface area contributed by atoms with Crippen molar-refractivity contribution in [1.29, 1.82) is 0 Å². The van der Waals surface area contributed by atoms with Crippen molar-refractivity contribution < 1.29 is 13.6 Å². The van der Waals surface area contributed by atoms with Gasteiger partial charge in [-0.05, 0) is 84.6 Å². The largest absolute Gasteiger partial charge is 0.329 e. The number of hydrogen-bond acceptors (Lipinski definition) is 16. The van der Waals surface area contributed by atoms with Crippen LogP contribution in [0.15, 0.2) is 146 Å². The van der Waals surface area contributed by atoms with Crippen LogP contribution < -0.4 is 0 Å². The Labute approximate surface area is 401 Å². The van der Waals surface area contributed by atoms with E-state index in [-0.39, 0.29) is 0 Å². The highest BCUT2D eigenvalue weighted by Gasteiger charge is 2.38. The van der Waals surface area contributed by atoms with Crippen molar-refractivity contribution in [2.75, 3.05) is 0 Å². The number of hydrogen-bond donors (Lipinski definition) is 0. The van der Waals surface area contributed by atoms with Crippen molar-refractivity contribution in [1.82, 2.24) is 29.9 Å². The van der Waals surface area contributed by atoms with Gasteiger partial charge < -0.3 is 0 Å². The Morgan fingerprint density at radius 2 is 0.569 bits per heavy atom. The topological polar surface area (TPSA) is 105 Å². The van der Waals surface area contributed by atoms with E-state index in [0.29, 0.717) is 19.3 Å². The molecule has 0 aliphatic carbocycles. The predicted octanol–water partition coefficient (Wildman–Crippen LogP) is 14.9. The standard InChI is InChI=1S/C48H33N6O3PS7/c59-58(55-34(46-52-31-16-4-10-22-40(31)63-46)25-43-49-28-13-1-7-19-37(28)60-43,56-35(47-53-32-17-5-11-23-41(32)64-47)26-44-50-29-14-2-8-20-38(29)61-44)57-36(48-54-33-18-6-12-24-42(33)65-48)27-45-51-30-15-3-9-21-39(30)62-45/h1-24,34-36H,25-27H2. The van der Waals surface area contributed by atoms with Crippen LogP contribution in [0.1, 0.15) is 48.4 Å². The van der Waals surface area contributed by atoms with Crippen LogP contribution in [0.25, 0.3) is 61.3 Å². The van der Waals surface area contributed by atoms with Gasteiger partial charge in [0.1, 0.15) is 33.3 Å². The minimum absolute atomic E-state index is 0.400. The van der Waals surface area contributed by atoms with E-state index in [0.717, 1.165) is 91.3 Å². The Bertz CT molecular complexity index is 3130. The molecule has 0 bridgehead atoms. The monoisotopic (exact) mass is 996 g/mol. The highest BCUT2D eigenvalue weighted by Crippen LogP contribution is 2.61. The number of rotatable bonds is 15. The third-order valence-electron chi connectivity index (χ3n) is 10.6. The number of nitrogens with zero attached hydrogens (tertiary/aromatic N) is 6. The summed E-state index contributed by atoms with van der Waals surface area (Å²) in [4.78, 5) is 30.7. The van der Waals surface area contributed by atoms with Crippen molar-refractivity contribution >= 4 is 148 Å². The Kier molecular flexibility index (Phi) is 11.4. The van der Waals surface area contributed by atoms with E-state index in [1.165, 1.54) is 0 Å². The molecular weight excluding hydrogens is 964 g/mol. The third-order valence-corrected chi connectivity index (χ3v) is 19.5. The van der Waals surface area contributed by atoms with Crippen molar-refractivity contribution in [3.05, 3.63) is 176 Å². The van der Waals surface area contributed by atoms with Gasteiger partial charge in [-0.25, -0.2) is 29.9 Å². The highest BCUT2D eigenvalue weighted by atomic mass is 32.5. The molecule has 0 aliphatic heterocycles. The lowest BCUT2D eigenvalue weighted by Crippen LogP contribution is -2.16. The zero-order valence-corrected chi connectivity index (χ0v) is 40.5. The van der Waals surface area contributed by atoms with Crippen molar-refractivity contribution in [3.63, 3.8) is 0 Å². The Balaban J connectivity index is 1.00. The maximum absolute atomic E-state index is 7.41. The van der Waals surface area contributed by atoms with E-state index in [4.69, 9.17) is 55.3 Å². The van der Waals surface area contributed by atoms with Gasteiger partial charge in [0.2, 0.25) is 0 Å². The molecule has 0 amide bonds. The third kappa shape index (κ3) is 8.82. The number of benzene rings is 6. The summed E-state index contributed by atoms with van der Waals surface area (Å²) >= 11 is 16.5. The van der Waals surface area contributed by atoms with Gasteiger partial charge in [0.15, 0.2) is 0 Å². The van der Waals surface area contributed by atoms with Gasteiger partial charge in [-0.1, -0.05) is 72.8 Å². The van der Waals surface area contributed by atoms with Gasteiger partial charge in [0.25, 0.3) is 0 Å². The average Bonchev–Trinajstić information content (AvgIpc) is 4.18. The Morgan fingerprint density at radius 1 is 0.338 bits per heavy atom. The van der Waals surface area contributed by atoms with E-state index < -0.39 is 25.0 Å². The minimum Gasteiger partial charge on any atom is -0.297 e. The molecule has 0 saturated carbocycles. The smallest absolute Gasteiger partial charge is 0.297 e. The van der Waals surface area contributed by atoms with Gasteiger partial charge in [0.05, 0.1) is 76.3 Å². The molecule has 3 unspecified atom stereocenters. The molecule has 9 nitrogen and oxygen atoms in total. The first kappa shape index (κ1) is 41.6. The summed E-state index contributed by atoms with van der Waals surface area (Å²) in [5, 5.41) is 4.97. The van der Waals surface area contributed by atoms with Crippen LogP contribution in [0, 0.1) is 0 Å². The fourth-order valence-corrected chi connectivity index (χ4v) is 16.4. The summed E-state index contributed by atoms with van der Waals surface area (Å²) in [5.74, 6) is 0. The first-order chi connectivity index (χ1) is 31.9. The first-order valence-electron chi connectivity index (χ1n) is 20.7. The van der Waals surface area contributed by atoms with Gasteiger partial charge in [-0.3, -0.25) is 13.6 Å². The summed E-state index contributed by atoms with van der Waals surface area (Å²) in [6.45, 7) is -3.86. The van der Waals surface area contributed by atoms with Crippen LogP contribution in [0.3, 0.4) is 0 Å². The molecule has 3 atom stereocenters. The fourth-order valence-electron chi connectivity index (χ4n) is 7.63. The van der Waals surface area contributed by atoms with Crippen LogP contribution in [0.4, 0.5) is 0 Å². The van der Waals surface area contributed by atoms with Gasteiger partial charge in [-0.15, -0.1) is 68.0 Å². The first-order valence-corrected chi connectivity index (χ1v) is 28.1. The lowest BCUT2D eigenvalue weighted by molar-refractivity contribution is 0.0611. The van der Waals surface area contributed by atoms with Crippen molar-refractivity contribution in [2.24, 2.45) is 0 Å². The summed E-state index contributed by atoms with van der Waals surface area (Å²) < 4.78 is 28.7. The van der Waals surface area contributed by atoms with E-state index in [1.54, 1.807) is 68.0 Å². The van der Waals surface area contributed by atoms with E-state index in [9.17, 15) is 0 Å². The molecular formula is C48H33N6O3PS7. The molecule has 0 aliphatic rings. The van der Waals surface area contributed by atoms with Crippen LogP contribution in [-0.2, 0) is 44.6 Å². The number of aromatic nitrogens is 6. The van der Waals surface area contributed by atoms with E-state index >= 15 is 0 Å². The lowest BCUT2D eigenvalue weighted by atomic mass is 10.2. The Morgan fingerprint density at radius 3 is 0.815 bits per heavy atom. The second-order valence-electron chi connectivity index (χ2n) is 15.1. The minimum atomic E-state index is -3.86. The van der Waals surface area contributed by atoms with Crippen LogP contribution in [0.5, 0.6) is 0 Å². The number of thiazole rings is 6. The summed E-state index contributed by atoms with van der Waals surface area (Å²) in [5.41, 5.74) is 5.44. The summed E-state index contributed by atoms with van der Waals surface area (Å²) in [6, 6.07) is 48.9. The van der Waals surface area contributed by atoms with Gasteiger partial charge >= 0.3 is 6.72 Å². The lowest BCUT2D eigenvalue weighted by Gasteiger charge is -2.31. The zero-order valence-electron chi connectivity index (χ0n) is 33.9. The molecule has 12 aromatic rings. The van der Waals surface area contributed by atoms with Crippen molar-refractivity contribution in [3.8, 4) is 0 Å². The molecule has 17 heteroatoms. The quantitative estimate of drug-likeness (QED) is 0.0922. The summed E-state index contributed by atoms with van der Waals surface area (Å²) in [6.07, 6.45) is -0.811. The van der Waals surface area contributed by atoms with Crippen LogP contribution in [-0.4, -0.2) is 29.9 Å². The highest BCUT2D eigenvalue weighted by molar-refractivity contribution is 8.07. The molecule has 65 heavy (non-hydrogen) atoms. The van der Waals surface area contributed by atoms with Crippen LogP contribution in [0.2, 0.25) is 0 Å². The van der Waals surface area contributed by atoms with Crippen LogP contribution >= 0.6 is 74.7 Å². The summed E-state index contributed by atoms with van der Waals surface area (Å²) in [7, 11) is 0. The molecule has 320 valence electrons. The molecule has 6 aromatic carbocycles. The fraction of sp³-hybridized carbons (Fsp3) is 0.125. The second-order valence-corrected chi connectivity index (χ2v) is 24.5. The predicted molar refractivity (Wildman–Crippen MR) is 275 cm³/mol. The molecule has 6 heterocycles. The van der Waals surface area contributed by atoms with Gasteiger partial charge in [-0.2, -0.15) is 0 Å². The maximum Gasteiger partial charge on any atom is 0.329 e. The SMILES string of the molecule is S=P(OC(Cc1nc2ccccc2s1)c1nc2ccccc2s1)(OC(Cc1nc2ccccc2s1)c1nc2ccccc2s1)OC(Cc1nc2ccccc2s1)c1nc2ccccc2s1. The number of para-hydroxylation sites is 6. The molecule has 0 spiro atoms. The van der Waals surface area contributed by atoms with Crippen molar-refractivity contribution in [2.45, 2.75) is 37.6 Å². The van der Waals surface area contributed by atoms with E-state index in [2.05, 4.69) is 36.4 Å². The molecule has 0 N–H and O–H groups in total. The normalized spacial score (nSPS) is 14.5. The molecule has 12 rings (SSSR count). The second kappa shape index (κ2) is 17.8. The average molecular weight is 997 g/mol. The number of fused-ring (bicyclic) bond motifs is 6. The zero-order chi connectivity index (χ0) is 43.3. The van der Waals surface area contributed by atoms with Gasteiger partial charge in [0, 0.05) is 19.3 Å².